The van der Waals surface area contributed by atoms with Gasteiger partial charge < -0.3 is 28.9 Å². The number of benzene rings is 3. The van der Waals surface area contributed by atoms with E-state index in [0.717, 1.165) is 21.6 Å². The number of ether oxygens (including phenoxy) is 3. The summed E-state index contributed by atoms with van der Waals surface area (Å²) in [7, 11) is -0.878. The molecule has 0 bridgehead atoms. The minimum Gasteiger partial charge on any atom is -0.518 e. The van der Waals surface area contributed by atoms with Gasteiger partial charge in [0.15, 0.2) is 0 Å². The van der Waals surface area contributed by atoms with Gasteiger partial charge in [0.05, 0.1) is 0 Å². The summed E-state index contributed by atoms with van der Waals surface area (Å²) in [4.78, 5) is 69.3. The molecule has 296 valence electrons. The maximum atomic E-state index is 14.2. The standard InChI is InChI=1S/C41H54N4O9Si/c1-41(2,3)53-39(49)43-33(37(47)44(4)34(38(48)54-55(5,6)7)26-30-18-11-8-12-19-30)24-17-25-45(40(50)52-29-32-22-15-10-16-23-32)35(42)27-36(46)51-28-31-20-13-9-14-21-31/h8-16,18-23,33-34,42H,17,24-29H2,1-7H3,(H,43,49)/t33-,34-/m0/s1. The van der Waals surface area contributed by atoms with Crippen LogP contribution >= 0.6 is 0 Å². The number of amides is 3. The molecule has 0 heterocycles. The van der Waals surface area contributed by atoms with Gasteiger partial charge in [0.2, 0.25) is 14.2 Å². The molecule has 0 radical (unpaired) electrons. The third-order valence-corrected chi connectivity index (χ3v) is 8.75. The molecule has 55 heavy (non-hydrogen) atoms. The number of carbonyl (C=O) groups excluding carboxylic acids is 5. The maximum Gasteiger partial charge on any atom is 0.415 e. The topological polar surface area (TPSA) is 165 Å². The minimum absolute atomic E-state index is 0.00417. The van der Waals surface area contributed by atoms with Crippen molar-refractivity contribution in [3.05, 3.63) is 108 Å². The fourth-order valence-corrected chi connectivity index (χ4v) is 6.04. The summed E-state index contributed by atoms with van der Waals surface area (Å²) in [5.41, 5.74) is 1.42. The molecule has 0 aromatic heterocycles. The monoisotopic (exact) mass is 774 g/mol. The molecule has 2 N–H and O–H groups in total. The van der Waals surface area contributed by atoms with E-state index in [2.05, 4.69) is 5.32 Å². The Bertz CT molecular complexity index is 1730. The van der Waals surface area contributed by atoms with Crippen molar-refractivity contribution in [2.75, 3.05) is 13.6 Å². The number of likely N-dealkylation sites (N-methyl/N-ethyl adjacent to an activating group) is 1. The Kier molecular flexibility index (Phi) is 16.6. The van der Waals surface area contributed by atoms with Gasteiger partial charge in [-0.2, -0.15) is 0 Å². The second-order valence-electron chi connectivity index (χ2n) is 15.0. The number of esters is 1. The molecule has 3 aromatic carbocycles. The Labute approximate surface area is 324 Å². The van der Waals surface area contributed by atoms with Crippen molar-refractivity contribution in [3.63, 3.8) is 0 Å². The highest BCUT2D eigenvalue weighted by Gasteiger charge is 2.36. The molecule has 3 rings (SSSR count). The van der Waals surface area contributed by atoms with E-state index in [9.17, 15) is 24.0 Å². The fourth-order valence-electron chi connectivity index (χ4n) is 5.30. The number of nitrogens with one attached hydrogen (secondary N) is 2. The number of carbonyl (C=O) groups is 5. The van der Waals surface area contributed by atoms with Crippen LogP contribution in [0.5, 0.6) is 0 Å². The number of rotatable bonds is 17. The fraction of sp³-hybridized carbons (Fsp3) is 0.415. The van der Waals surface area contributed by atoms with E-state index >= 15 is 0 Å². The van der Waals surface area contributed by atoms with Gasteiger partial charge in [-0.25, -0.2) is 9.59 Å². The van der Waals surface area contributed by atoms with Gasteiger partial charge >= 0.3 is 24.1 Å². The molecule has 0 saturated carbocycles. The van der Waals surface area contributed by atoms with Crippen LogP contribution in [0.3, 0.4) is 0 Å². The third kappa shape index (κ3) is 16.2. The van der Waals surface area contributed by atoms with Crippen LogP contribution in [0.1, 0.15) is 56.7 Å². The summed E-state index contributed by atoms with van der Waals surface area (Å²) in [5.74, 6) is -2.23. The molecule has 0 saturated heterocycles. The second kappa shape index (κ2) is 20.8. The number of hydrogen-bond acceptors (Lipinski definition) is 10. The molecule has 14 heteroatoms. The average Bonchev–Trinajstić information content (AvgIpc) is 3.12. The molecule has 0 unspecified atom stereocenters. The summed E-state index contributed by atoms with van der Waals surface area (Å²) in [6.45, 7) is 10.4. The minimum atomic E-state index is -2.36. The predicted molar refractivity (Wildman–Crippen MR) is 210 cm³/mol. The van der Waals surface area contributed by atoms with Crippen molar-refractivity contribution in [1.82, 2.24) is 15.1 Å². The first kappa shape index (κ1) is 43.9. The van der Waals surface area contributed by atoms with Crippen molar-refractivity contribution in [3.8, 4) is 0 Å². The van der Waals surface area contributed by atoms with Gasteiger partial charge in [-0.1, -0.05) is 91.0 Å². The van der Waals surface area contributed by atoms with Gasteiger partial charge in [-0.15, -0.1) is 0 Å². The first-order chi connectivity index (χ1) is 25.9. The zero-order valence-corrected chi connectivity index (χ0v) is 33.8. The third-order valence-electron chi connectivity index (χ3n) is 7.94. The lowest BCUT2D eigenvalue weighted by atomic mass is 10.0. The first-order valence-electron chi connectivity index (χ1n) is 18.2. The van der Waals surface area contributed by atoms with Crippen LogP contribution in [0.4, 0.5) is 9.59 Å². The molecule has 0 fully saturated rings. The molecule has 0 spiro atoms. The van der Waals surface area contributed by atoms with Gasteiger partial charge in [-0.3, -0.25) is 24.7 Å². The van der Waals surface area contributed by atoms with Gasteiger partial charge in [0.1, 0.15) is 43.2 Å². The molecule has 3 amide bonds. The number of nitrogens with zero attached hydrogens (tertiary/aromatic N) is 2. The molecule has 13 nitrogen and oxygen atoms in total. The van der Waals surface area contributed by atoms with E-state index in [-0.39, 0.29) is 44.9 Å². The average molecular weight is 775 g/mol. The SMILES string of the molecule is CN(C(=O)[C@H](CCCN(C(=N)CC(=O)OCc1ccccc1)C(=O)OCc1ccccc1)NC(=O)OC(C)(C)C)[C@@H](Cc1ccccc1)C(=O)O[Si](C)(C)C. The Morgan fingerprint density at radius 3 is 1.80 bits per heavy atom. The highest BCUT2D eigenvalue weighted by atomic mass is 28.4. The van der Waals surface area contributed by atoms with E-state index in [1.54, 1.807) is 57.2 Å². The van der Waals surface area contributed by atoms with Gasteiger partial charge in [0.25, 0.3) is 0 Å². The summed E-state index contributed by atoms with van der Waals surface area (Å²) in [6.07, 6.45) is -2.03. The first-order valence-corrected chi connectivity index (χ1v) is 21.6. The van der Waals surface area contributed by atoms with E-state index in [4.69, 9.17) is 24.0 Å². The Hall–Kier alpha value is -5.50. The zero-order chi connectivity index (χ0) is 40.6. The Morgan fingerprint density at radius 2 is 1.29 bits per heavy atom. The molecular formula is C41H54N4O9Si. The lowest BCUT2D eigenvalue weighted by molar-refractivity contribution is -0.148. The molecule has 2 atom stereocenters. The van der Waals surface area contributed by atoms with Crippen molar-refractivity contribution < 1.29 is 42.6 Å². The van der Waals surface area contributed by atoms with E-state index < -0.39 is 62.5 Å². The van der Waals surface area contributed by atoms with Crippen LogP contribution in [0.15, 0.2) is 91.0 Å². The molecular weight excluding hydrogens is 721 g/mol. The van der Waals surface area contributed by atoms with Gasteiger partial charge in [-0.05, 0) is 69.9 Å². The van der Waals surface area contributed by atoms with E-state index in [1.165, 1.54) is 11.9 Å². The largest absolute Gasteiger partial charge is 0.518 e. The molecule has 0 aliphatic carbocycles. The Balaban J connectivity index is 1.82. The summed E-state index contributed by atoms with van der Waals surface area (Å²) in [6, 6.07) is 25.0. The lowest BCUT2D eigenvalue weighted by Crippen LogP contribution is -2.54. The normalized spacial score (nSPS) is 12.3. The highest BCUT2D eigenvalue weighted by molar-refractivity contribution is 6.71. The van der Waals surface area contributed by atoms with Crippen molar-refractivity contribution in [2.45, 2.75) is 97.0 Å². The smallest absolute Gasteiger partial charge is 0.415 e. The van der Waals surface area contributed by atoms with Crippen LogP contribution in [-0.4, -0.2) is 85.3 Å². The maximum absolute atomic E-state index is 14.2. The number of alkyl carbamates (subject to hydrolysis) is 1. The summed E-state index contributed by atoms with van der Waals surface area (Å²) >= 11 is 0. The van der Waals surface area contributed by atoms with Crippen LogP contribution in [-0.2, 0) is 52.7 Å². The lowest BCUT2D eigenvalue weighted by Gasteiger charge is -2.33. The molecule has 3 aromatic rings. The van der Waals surface area contributed by atoms with Gasteiger partial charge in [0, 0.05) is 20.0 Å². The van der Waals surface area contributed by atoms with E-state index in [0.29, 0.717) is 0 Å². The number of amidine groups is 1. The van der Waals surface area contributed by atoms with Crippen LogP contribution in [0.2, 0.25) is 19.6 Å². The van der Waals surface area contributed by atoms with Crippen LogP contribution in [0.25, 0.3) is 0 Å². The summed E-state index contributed by atoms with van der Waals surface area (Å²) in [5, 5.41) is 11.4. The number of hydrogen-bond donors (Lipinski definition) is 2. The zero-order valence-electron chi connectivity index (χ0n) is 32.8. The van der Waals surface area contributed by atoms with Crippen molar-refractivity contribution in [2.24, 2.45) is 0 Å². The molecule has 0 aliphatic heterocycles. The Morgan fingerprint density at radius 1 is 0.782 bits per heavy atom. The van der Waals surface area contributed by atoms with E-state index in [1.807, 2.05) is 74.2 Å². The predicted octanol–water partition coefficient (Wildman–Crippen LogP) is 6.86. The van der Waals surface area contributed by atoms with Crippen molar-refractivity contribution >= 4 is 44.2 Å². The van der Waals surface area contributed by atoms with Crippen LogP contribution in [0, 0.1) is 5.41 Å². The van der Waals surface area contributed by atoms with Crippen molar-refractivity contribution in [1.29, 1.82) is 5.41 Å². The highest BCUT2D eigenvalue weighted by Crippen LogP contribution is 2.17. The second-order valence-corrected chi connectivity index (χ2v) is 19.4. The van der Waals surface area contributed by atoms with Crippen LogP contribution < -0.4 is 5.32 Å². The summed E-state index contributed by atoms with van der Waals surface area (Å²) < 4.78 is 22.2. The quantitative estimate of drug-likeness (QED) is 0.0490. The molecule has 0 aliphatic rings.